The highest BCUT2D eigenvalue weighted by Gasteiger charge is 2.23. The van der Waals surface area contributed by atoms with Crippen molar-refractivity contribution in [3.63, 3.8) is 0 Å². The molecule has 6 heteroatoms. The average Bonchev–Trinajstić information content (AvgIpc) is 3.09. The number of halogens is 2. The normalized spacial score (nSPS) is 11.0. The number of benzene rings is 2. The van der Waals surface area contributed by atoms with Gasteiger partial charge in [-0.1, -0.05) is 35.9 Å². The Bertz CT molecular complexity index is 1140. The maximum Gasteiger partial charge on any atom is 0.264 e. The second-order valence-electron chi connectivity index (χ2n) is 6.46. The van der Waals surface area contributed by atoms with Crippen molar-refractivity contribution in [2.75, 3.05) is 7.05 Å². The Morgan fingerprint density at radius 2 is 1.82 bits per heavy atom. The number of aromatic nitrogens is 1. The summed E-state index contributed by atoms with van der Waals surface area (Å²) in [5.74, 6) is -0.393. The first-order chi connectivity index (χ1) is 13.5. The summed E-state index contributed by atoms with van der Waals surface area (Å²) in [5.41, 5.74) is 2.65. The number of carbonyl (C=O) groups is 1. The molecule has 0 aliphatic rings. The molecule has 4 rings (SSSR count). The third-order valence-electron chi connectivity index (χ3n) is 4.47. The van der Waals surface area contributed by atoms with Crippen LogP contribution in [0.4, 0.5) is 4.39 Å². The number of pyridine rings is 1. The first-order valence-electron chi connectivity index (χ1n) is 8.66. The fraction of sp³-hybridized carbons (Fsp3) is 0.0909. The number of hydrogen-bond acceptors (Lipinski definition) is 3. The molecule has 28 heavy (non-hydrogen) atoms. The largest absolute Gasteiger partial charge is 0.337 e. The van der Waals surface area contributed by atoms with Gasteiger partial charge in [0.25, 0.3) is 5.91 Å². The molecule has 0 spiro atoms. The van der Waals surface area contributed by atoms with Crippen molar-refractivity contribution in [1.82, 2.24) is 9.88 Å². The lowest BCUT2D eigenvalue weighted by atomic mass is 10.0. The summed E-state index contributed by atoms with van der Waals surface area (Å²) in [6.07, 6.45) is 1.72. The third kappa shape index (κ3) is 3.63. The van der Waals surface area contributed by atoms with Gasteiger partial charge < -0.3 is 4.90 Å². The van der Waals surface area contributed by atoms with E-state index in [1.54, 1.807) is 30.3 Å². The SMILES string of the molecule is CN(Cc1ccc(F)cc1)C(=O)c1sc2ncccc2c1-c1ccc(Cl)cc1. The fourth-order valence-corrected chi connectivity index (χ4v) is 4.38. The summed E-state index contributed by atoms with van der Waals surface area (Å²) >= 11 is 7.41. The first-order valence-corrected chi connectivity index (χ1v) is 9.86. The Morgan fingerprint density at radius 3 is 2.54 bits per heavy atom. The van der Waals surface area contributed by atoms with Gasteiger partial charge in [-0.25, -0.2) is 9.37 Å². The minimum absolute atomic E-state index is 0.0997. The molecule has 0 N–H and O–H groups in total. The van der Waals surface area contributed by atoms with Crippen LogP contribution in [0.25, 0.3) is 21.3 Å². The zero-order valence-electron chi connectivity index (χ0n) is 15.0. The predicted octanol–water partition coefficient (Wildman–Crippen LogP) is 6.03. The van der Waals surface area contributed by atoms with Crippen molar-refractivity contribution in [2.24, 2.45) is 0 Å². The average molecular weight is 411 g/mol. The molecule has 0 saturated carbocycles. The van der Waals surface area contributed by atoms with Gasteiger partial charge in [0.1, 0.15) is 15.5 Å². The highest BCUT2D eigenvalue weighted by atomic mass is 35.5. The molecule has 0 bridgehead atoms. The number of nitrogens with zero attached hydrogens (tertiary/aromatic N) is 2. The zero-order valence-corrected chi connectivity index (χ0v) is 16.6. The Morgan fingerprint density at radius 1 is 1.11 bits per heavy atom. The molecule has 1 amide bonds. The van der Waals surface area contributed by atoms with Crippen LogP contribution in [0.1, 0.15) is 15.2 Å². The predicted molar refractivity (Wildman–Crippen MR) is 112 cm³/mol. The van der Waals surface area contributed by atoms with Crippen molar-refractivity contribution in [3.05, 3.63) is 88.1 Å². The monoisotopic (exact) mass is 410 g/mol. The van der Waals surface area contributed by atoms with Crippen LogP contribution >= 0.6 is 22.9 Å². The van der Waals surface area contributed by atoms with E-state index in [1.165, 1.54) is 23.5 Å². The second kappa shape index (κ2) is 7.70. The van der Waals surface area contributed by atoms with E-state index in [-0.39, 0.29) is 11.7 Å². The molecule has 140 valence electrons. The van der Waals surface area contributed by atoms with Gasteiger partial charge in [-0.3, -0.25) is 4.79 Å². The topological polar surface area (TPSA) is 33.2 Å². The Labute approximate surface area is 171 Å². The lowest BCUT2D eigenvalue weighted by Crippen LogP contribution is -2.25. The number of amides is 1. The second-order valence-corrected chi connectivity index (χ2v) is 7.89. The van der Waals surface area contributed by atoms with Crippen LogP contribution in [-0.4, -0.2) is 22.8 Å². The molecule has 0 radical (unpaired) electrons. The first kappa shape index (κ1) is 18.6. The van der Waals surface area contributed by atoms with E-state index >= 15 is 0 Å². The number of rotatable bonds is 4. The van der Waals surface area contributed by atoms with Gasteiger partial charge in [-0.15, -0.1) is 11.3 Å². The number of thiophene rings is 1. The summed E-state index contributed by atoms with van der Waals surface area (Å²) in [6, 6.07) is 17.5. The third-order valence-corrected chi connectivity index (χ3v) is 5.83. The van der Waals surface area contributed by atoms with Crippen LogP contribution in [0.5, 0.6) is 0 Å². The molecule has 4 aromatic rings. The van der Waals surface area contributed by atoms with Crippen LogP contribution in [0.2, 0.25) is 5.02 Å². The molecule has 0 fully saturated rings. The standard InChI is InChI=1S/C22H16ClFN2OS/c1-26(13-14-4-10-17(24)11-5-14)22(27)20-19(15-6-8-16(23)9-7-15)18-3-2-12-25-21(18)28-20/h2-12H,13H2,1H3. The molecule has 0 aliphatic heterocycles. The van der Waals surface area contributed by atoms with Crippen molar-refractivity contribution < 1.29 is 9.18 Å². The minimum atomic E-state index is -0.293. The Hall–Kier alpha value is -2.76. The molecule has 3 nitrogen and oxygen atoms in total. The van der Waals surface area contributed by atoms with Gasteiger partial charge in [0.2, 0.25) is 0 Å². The van der Waals surface area contributed by atoms with Gasteiger partial charge >= 0.3 is 0 Å². The van der Waals surface area contributed by atoms with Crippen LogP contribution in [0, 0.1) is 5.82 Å². The summed E-state index contributed by atoms with van der Waals surface area (Å²) in [4.78, 5) is 20.7. The maximum atomic E-state index is 13.3. The molecule has 2 heterocycles. The van der Waals surface area contributed by atoms with Gasteiger partial charge in [0.05, 0.1) is 0 Å². The van der Waals surface area contributed by atoms with Crippen LogP contribution < -0.4 is 0 Å². The number of carbonyl (C=O) groups excluding carboxylic acids is 1. The number of hydrogen-bond donors (Lipinski definition) is 0. The number of fused-ring (bicyclic) bond motifs is 1. The van der Waals surface area contributed by atoms with E-state index in [0.29, 0.717) is 16.4 Å². The van der Waals surface area contributed by atoms with E-state index in [9.17, 15) is 9.18 Å². The molecule has 0 aliphatic carbocycles. The Kier molecular flexibility index (Phi) is 5.11. The molecular formula is C22H16ClFN2OS. The van der Waals surface area contributed by atoms with Crippen LogP contribution in [0.15, 0.2) is 66.9 Å². The molecule has 0 unspecified atom stereocenters. The minimum Gasteiger partial charge on any atom is -0.337 e. The van der Waals surface area contributed by atoms with Crippen molar-refractivity contribution in [1.29, 1.82) is 0 Å². The van der Waals surface area contributed by atoms with Crippen LogP contribution in [0.3, 0.4) is 0 Å². The molecule has 2 aromatic carbocycles. The van der Waals surface area contributed by atoms with E-state index < -0.39 is 0 Å². The fourth-order valence-electron chi connectivity index (χ4n) is 3.10. The van der Waals surface area contributed by atoms with E-state index in [4.69, 9.17) is 11.6 Å². The highest BCUT2D eigenvalue weighted by Crippen LogP contribution is 2.38. The lowest BCUT2D eigenvalue weighted by molar-refractivity contribution is 0.0790. The van der Waals surface area contributed by atoms with Gasteiger partial charge in [0, 0.05) is 35.8 Å². The van der Waals surface area contributed by atoms with Crippen molar-refractivity contribution in [2.45, 2.75) is 6.54 Å². The van der Waals surface area contributed by atoms with E-state index in [1.807, 2.05) is 36.4 Å². The maximum absolute atomic E-state index is 13.3. The summed E-state index contributed by atoms with van der Waals surface area (Å²) in [6.45, 7) is 0.390. The molecule has 2 aromatic heterocycles. The van der Waals surface area contributed by atoms with Crippen molar-refractivity contribution in [3.8, 4) is 11.1 Å². The van der Waals surface area contributed by atoms with Crippen molar-refractivity contribution >= 4 is 39.1 Å². The van der Waals surface area contributed by atoms with Crippen LogP contribution in [-0.2, 0) is 6.54 Å². The summed E-state index contributed by atoms with van der Waals surface area (Å²) < 4.78 is 13.1. The van der Waals surface area contributed by atoms with E-state index in [2.05, 4.69) is 4.98 Å². The molecular weight excluding hydrogens is 395 g/mol. The molecule has 0 saturated heterocycles. The summed E-state index contributed by atoms with van der Waals surface area (Å²) in [7, 11) is 1.75. The zero-order chi connectivity index (χ0) is 19.7. The highest BCUT2D eigenvalue weighted by molar-refractivity contribution is 7.21. The summed E-state index contributed by atoms with van der Waals surface area (Å²) in [5, 5.41) is 1.58. The Balaban J connectivity index is 1.74. The smallest absolute Gasteiger partial charge is 0.264 e. The van der Waals surface area contributed by atoms with Gasteiger partial charge in [-0.2, -0.15) is 0 Å². The van der Waals surface area contributed by atoms with Gasteiger partial charge in [0.15, 0.2) is 0 Å². The molecule has 0 atom stereocenters. The van der Waals surface area contributed by atoms with Gasteiger partial charge in [-0.05, 0) is 47.5 Å². The van der Waals surface area contributed by atoms with E-state index in [0.717, 1.165) is 26.9 Å². The quantitative estimate of drug-likeness (QED) is 0.411. The lowest BCUT2D eigenvalue weighted by Gasteiger charge is -2.17.